The number of hydrogen-bond donors (Lipinski definition) is 2. The number of likely N-dealkylation sites (tertiary alicyclic amines) is 1. The Morgan fingerprint density at radius 3 is 3.05 bits per heavy atom. The normalized spacial score (nSPS) is 19.1. The lowest BCUT2D eigenvalue weighted by molar-refractivity contribution is 0.311. The van der Waals surface area contributed by atoms with E-state index in [1.54, 1.807) is 6.20 Å². The maximum absolute atomic E-state index is 11.7. The van der Waals surface area contributed by atoms with Gasteiger partial charge in [-0.25, -0.2) is 0 Å². The van der Waals surface area contributed by atoms with Crippen LogP contribution in [-0.4, -0.2) is 35.6 Å². The highest BCUT2D eigenvalue weighted by atomic mass is 16.1. The molecule has 22 heavy (non-hydrogen) atoms. The minimum Gasteiger partial charge on any atom is -0.381 e. The molecule has 0 bridgehead atoms. The largest absolute Gasteiger partial charge is 0.381 e. The predicted molar refractivity (Wildman–Crippen MR) is 92.5 cm³/mol. The summed E-state index contributed by atoms with van der Waals surface area (Å²) >= 11 is 0. The molecule has 0 spiro atoms. The molecule has 2 aromatic rings. The van der Waals surface area contributed by atoms with E-state index >= 15 is 0 Å². The monoisotopic (exact) mass is 299 g/mol. The molecule has 2 heterocycles. The van der Waals surface area contributed by atoms with Crippen molar-refractivity contribution in [1.82, 2.24) is 9.88 Å². The second-order valence-corrected chi connectivity index (χ2v) is 6.72. The molecule has 1 atom stereocenters. The first-order valence-corrected chi connectivity index (χ1v) is 8.22. The van der Waals surface area contributed by atoms with Crippen molar-refractivity contribution < 1.29 is 0 Å². The van der Waals surface area contributed by atoms with Crippen molar-refractivity contribution >= 4 is 16.5 Å². The van der Waals surface area contributed by atoms with Crippen molar-refractivity contribution in [1.29, 1.82) is 0 Å². The number of aromatic nitrogens is 1. The van der Waals surface area contributed by atoms with Gasteiger partial charge in [0.15, 0.2) is 0 Å². The lowest BCUT2D eigenvalue weighted by Gasteiger charge is -2.18. The Morgan fingerprint density at radius 2 is 2.23 bits per heavy atom. The molecule has 0 amide bonds. The molecule has 1 fully saturated rings. The standard InChI is InChI=1S/C18H25N3O/c1-13(2)6-9-21-10-7-16(12-21)20-15-3-4-17-14(11-15)5-8-19-18(17)22/h3-5,8,11,13,16,20H,6-7,9-10,12H2,1-2H3,(H,19,22). The summed E-state index contributed by atoms with van der Waals surface area (Å²) in [7, 11) is 0. The highest BCUT2D eigenvalue weighted by molar-refractivity contribution is 5.84. The third kappa shape index (κ3) is 3.50. The minimum atomic E-state index is -0.0234. The van der Waals surface area contributed by atoms with E-state index in [0.29, 0.717) is 6.04 Å². The molecule has 4 nitrogen and oxygen atoms in total. The molecule has 0 aliphatic carbocycles. The number of hydrogen-bond acceptors (Lipinski definition) is 3. The van der Waals surface area contributed by atoms with E-state index in [2.05, 4.69) is 35.1 Å². The molecule has 1 aromatic heterocycles. The number of nitrogens with one attached hydrogen (secondary N) is 2. The maximum atomic E-state index is 11.7. The van der Waals surface area contributed by atoms with Crippen LogP contribution in [0.2, 0.25) is 0 Å². The Kier molecular flexibility index (Phi) is 4.48. The van der Waals surface area contributed by atoms with E-state index < -0.39 is 0 Å². The molecule has 1 aliphatic heterocycles. The molecular weight excluding hydrogens is 274 g/mol. The van der Waals surface area contributed by atoms with Crippen LogP contribution in [0.15, 0.2) is 35.3 Å². The van der Waals surface area contributed by atoms with Crippen molar-refractivity contribution in [2.24, 2.45) is 5.92 Å². The van der Waals surface area contributed by atoms with Gasteiger partial charge in [0.05, 0.1) is 0 Å². The molecule has 0 saturated carbocycles. The van der Waals surface area contributed by atoms with Gasteiger partial charge >= 0.3 is 0 Å². The smallest absolute Gasteiger partial charge is 0.255 e. The lowest BCUT2D eigenvalue weighted by Crippen LogP contribution is -2.27. The number of nitrogens with zero attached hydrogens (tertiary/aromatic N) is 1. The zero-order valence-electron chi connectivity index (χ0n) is 13.4. The summed E-state index contributed by atoms with van der Waals surface area (Å²) in [6.45, 7) is 8.05. The van der Waals surface area contributed by atoms with Gasteiger partial charge in [-0.1, -0.05) is 13.8 Å². The molecule has 4 heteroatoms. The molecule has 1 unspecified atom stereocenters. The van der Waals surface area contributed by atoms with Crippen LogP contribution in [0.5, 0.6) is 0 Å². The molecule has 2 N–H and O–H groups in total. The van der Waals surface area contributed by atoms with Gasteiger partial charge in [0.2, 0.25) is 0 Å². The van der Waals surface area contributed by atoms with Gasteiger partial charge in [-0.2, -0.15) is 0 Å². The van der Waals surface area contributed by atoms with Gasteiger partial charge in [0, 0.05) is 36.4 Å². The molecule has 1 aromatic carbocycles. The van der Waals surface area contributed by atoms with Crippen LogP contribution in [0, 0.1) is 5.92 Å². The number of rotatable bonds is 5. The Balaban J connectivity index is 1.63. The van der Waals surface area contributed by atoms with E-state index in [9.17, 15) is 4.79 Å². The van der Waals surface area contributed by atoms with E-state index in [-0.39, 0.29) is 5.56 Å². The minimum absolute atomic E-state index is 0.0234. The summed E-state index contributed by atoms with van der Waals surface area (Å²) in [5, 5.41) is 5.35. The van der Waals surface area contributed by atoms with Crippen molar-refractivity contribution in [3.05, 3.63) is 40.8 Å². The van der Waals surface area contributed by atoms with E-state index in [0.717, 1.165) is 28.9 Å². The fraction of sp³-hybridized carbons (Fsp3) is 0.500. The highest BCUT2D eigenvalue weighted by Gasteiger charge is 2.22. The first-order valence-electron chi connectivity index (χ1n) is 8.22. The van der Waals surface area contributed by atoms with Gasteiger partial charge < -0.3 is 15.2 Å². The summed E-state index contributed by atoms with van der Waals surface area (Å²) in [5.74, 6) is 0.769. The molecule has 0 radical (unpaired) electrons. The molecule has 1 saturated heterocycles. The number of pyridine rings is 1. The second-order valence-electron chi connectivity index (χ2n) is 6.72. The summed E-state index contributed by atoms with van der Waals surface area (Å²) in [5.41, 5.74) is 1.08. The van der Waals surface area contributed by atoms with E-state index in [1.165, 1.54) is 25.9 Å². The highest BCUT2D eigenvalue weighted by Crippen LogP contribution is 2.20. The summed E-state index contributed by atoms with van der Waals surface area (Å²) in [6.07, 6.45) is 4.16. The van der Waals surface area contributed by atoms with Crippen LogP contribution in [0.4, 0.5) is 5.69 Å². The van der Waals surface area contributed by atoms with Crippen LogP contribution in [0.1, 0.15) is 26.7 Å². The topological polar surface area (TPSA) is 48.1 Å². The summed E-state index contributed by atoms with van der Waals surface area (Å²) < 4.78 is 0. The fourth-order valence-corrected chi connectivity index (χ4v) is 3.11. The first-order chi connectivity index (χ1) is 10.6. The first kappa shape index (κ1) is 15.1. The third-order valence-electron chi connectivity index (χ3n) is 4.44. The number of H-pyrrole nitrogens is 1. The SMILES string of the molecule is CC(C)CCN1CCC(Nc2ccc3c(=O)[nH]ccc3c2)C1. The van der Waals surface area contributed by atoms with Crippen LogP contribution in [0.25, 0.3) is 10.8 Å². The maximum Gasteiger partial charge on any atom is 0.255 e. The van der Waals surface area contributed by atoms with Crippen molar-refractivity contribution in [3.63, 3.8) is 0 Å². The average molecular weight is 299 g/mol. The Hall–Kier alpha value is -1.81. The predicted octanol–water partition coefficient (Wildman–Crippen LogP) is 3.06. The number of aromatic amines is 1. The zero-order chi connectivity index (χ0) is 15.5. The van der Waals surface area contributed by atoms with Crippen molar-refractivity contribution in [3.8, 4) is 0 Å². The average Bonchev–Trinajstić information content (AvgIpc) is 2.93. The quantitative estimate of drug-likeness (QED) is 0.892. The number of benzene rings is 1. The Morgan fingerprint density at radius 1 is 1.36 bits per heavy atom. The van der Waals surface area contributed by atoms with Crippen LogP contribution in [0.3, 0.4) is 0 Å². The molecule has 3 rings (SSSR count). The van der Waals surface area contributed by atoms with Crippen LogP contribution < -0.4 is 10.9 Å². The van der Waals surface area contributed by atoms with Gasteiger partial charge in [-0.05, 0) is 55.0 Å². The second kappa shape index (κ2) is 6.53. The Labute approximate surface area is 131 Å². The van der Waals surface area contributed by atoms with Gasteiger partial charge in [-0.3, -0.25) is 4.79 Å². The summed E-state index contributed by atoms with van der Waals surface area (Å²) in [4.78, 5) is 17.0. The van der Waals surface area contributed by atoms with Crippen molar-refractivity contribution in [2.45, 2.75) is 32.7 Å². The van der Waals surface area contributed by atoms with Crippen molar-refractivity contribution in [2.75, 3.05) is 25.0 Å². The van der Waals surface area contributed by atoms with Crippen LogP contribution >= 0.6 is 0 Å². The Bertz CT molecular complexity index is 692. The van der Waals surface area contributed by atoms with Gasteiger partial charge in [0.1, 0.15) is 0 Å². The summed E-state index contributed by atoms with van der Waals surface area (Å²) in [6, 6.07) is 8.44. The molecule has 118 valence electrons. The van der Waals surface area contributed by atoms with E-state index in [1.807, 2.05) is 18.2 Å². The third-order valence-corrected chi connectivity index (χ3v) is 4.44. The number of fused-ring (bicyclic) bond motifs is 1. The van der Waals surface area contributed by atoms with Gasteiger partial charge in [-0.15, -0.1) is 0 Å². The number of anilines is 1. The van der Waals surface area contributed by atoms with Gasteiger partial charge in [0.25, 0.3) is 5.56 Å². The molecular formula is C18H25N3O. The molecule has 1 aliphatic rings. The van der Waals surface area contributed by atoms with Crippen LogP contribution in [-0.2, 0) is 0 Å². The zero-order valence-corrected chi connectivity index (χ0v) is 13.4. The fourth-order valence-electron chi connectivity index (χ4n) is 3.11. The lowest BCUT2D eigenvalue weighted by atomic mass is 10.1. The van der Waals surface area contributed by atoms with E-state index in [4.69, 9.17) is 0 Å².